The van der Waals surface area contributed by atoms with E-state index in [9.17, 15) is 18.3 Å². The zero-order valence-corrected chi connectivity index (χ0v) is 21.3. The highest BCUT2D eigenvalue weighted by Gasteiger charge is 2.32. The standard InChI is InChI=1S/C27H31NO6S/c1-17(2)15-28(35(31,32)26-11-8-19(4)34-26)24-13-20-6-5-7-21(20)14-25(24)33-16-23-10-9-22(27(29)30)12-18(23)3/h8-14,17H,5-7,15-16H2,1-4H3,(H,29,30). The molecule has 35 heavy (non-hydrogen) atoms. The molecule has 0 radical (unpaired) electrons. The molecule has 1 heterocycles. The lowest BCUT2D eigenvalue weighted by molar-refractivity contribution is 0.0696. The van der Waals surface area contributed by atoms with Gasteiger partial charge in [-0.2, -0.15) is 8.42 Å². The summed E-state index contributed by atoms with van der Waals surface area (Å²) in [6.45, 7) is 7.95. The van der Waals surface area contributed by atoms with Crippen molar-refractivity contribution in [3.8, 4) is 5.75 Å². The summed E-state index contributed by atoms with van der Waals surface area (Å²) in [5, 5.41) is 9.14. The molecular weight excluding hydrogens is 466 g/mol. The molecule has 1 aromatic heterocycles. The van der Waals surface area contributed by atoms with E-state index >= 15 is 0 Å². The van der Waals surface area contributed by atoms with Crippen molar-refractivity contribution in [2.24, 2.45) is 5.92 Å². The summed E-state index contributed by atoms with van der Waals surface area (Å²) in [6, 6.07) is 11.9. The Hall–Kier alpha value is -3.26. The smallest absolute Gasteiger partial charge is 0.335 e. The Kier molecular flexibility index (Phi) is 6.94. The van der Waals surface area contributed by atoms with Crippen LogP contribution in [0.2, 0.25) is 0 Å². The number of nitrogens with zero attached hydrogens (tertiary/aromatic N) is 1. The number of hydrogen-bond donors (Lipinski definition) is 1. The van der Waals surface area contributed by atoms with Crippen molar-refractivity contribution in [2.75, 3.05) is 10.8 Å². The zero-order chi connectivity index (χ0) is 25.3. The molecule has 2 aromatic carbocycles. The van der Waals surface area contributed by atoms with E-state index in [0.29, 0.717) is 17.2 Å². The summed E-state index contributed by atoms with van der Waals surface area (Å²) >= 11 is 0. The predicted octanol–water partition coefficient (Wildman–Crippen LogP) is 5.51. The number of carbonyl (C=O) groups is 1. The molecule has 0 saturated carbocycles. The Balaban J connectivity index is 1.75. The Morgan fingerprint density at radius 3 is 2.40 bits per heavy atom. The Morgan fingerprint density at radius 1 is 1.09 bits per heavy atom. The maximum Gasteiger partial charge on any atom is 0.335 e. The number of ether oxygens (including phenoxy) is 1. The highest BCUT2D eigenvalue weighted by atomic mass is 32.2. The third-order valence-corrected chi connectivity index (χ3v) is 7.86. The van der Waals surface area contributed by atoms with E-state index in [4.69, 9.17) is 9.15 Å². The summed E-state index contributed by atoms with van der Waals surface area (Å²) in [6.07, 6.45) is 2.84. The molecule has 7 nitrogen and oxygen atoms in total. The number of rotatable bonds is 9. The quantitative estimate of drug-likeness (QED) is 0.418. The molecule has 186 valence electrons. The lowest BCUT2D eigenvalue weighted by Gasteiger charge is -2.28. The summed E-state index contributed by atoms with van der Waals surface area (Å²) in [7, 11) is -3.95. The normalized spacial score (nSPS) is 13.2. The zero-order valence-electron chi connectivity index (χ0n) is 20.5. The SMILES string of the molecule is Cc1ccc(S(=O)(=O)N(CC(C)C)c2cc3c(cc2OCc2ccc(C(=O)O)cc2C)CCC3)o1. The Morgan fingerprint density at radius 2 is 1.80 bits per heavy atom. The molecule has 0 saturated heterocycles. The van der Waals surface area contributed by atoms with Crippen LogP contribution in [0.25, 0.3) is 0 Å². The molecule has 0 spiro atoms. The van der Waals surface area contributed by atoms with E-state index in [-0.39, 0.29) is 29.7 Å². The number of anilines is 1. The number of aryl methyl sites for hydroxylation is 4. The highest BCUT2D eigenvalue weighted by molar-refractivity contribution is 7.92. The molecule has 0 aliphatic heterocycles. The van der Waals surface area contributed by atoms with Crippen LogP contribution in [-0.2, 0) is 29.5 Å². The van der Waals surface area contributed by atoms with Gasteiger partial charge < -0.3 is 14.3 Å². The van der Waals surface area contributed by atoms with Gasteiger partial charge in [-0.3, -0.25) is 4.31 Å². The van der Waals surface area contributed by atoms with Gasteiger partial charge in [0, 0.05) is 6.54 Å². The van der Waals surface area contributed by atoms with Crippen LogP contribution in [0.15, 0.2) is 52.0 Å². The molecular formula is C27H31NO6S. The van der Waals surface area contributed by atoms with Crippen LogP contribution in [0, 0.1) is 19.8 Å². The van der Waals surface area contributed by atoms with Gasteiger partial charge in [0.1, 0.15) is 18.1 Å². The molecule has 0 atom stereocenters. The lowest BCUT2D eigenvalue weighted by atomic mass is 10.1. The van der Waals surface area contributed by atoms with Crippen LogP contribution in [0.4, 0.5) is 5.69 Å². The third-order valence-electron chi connectivity index (χ3n) is 6.21. The van der Waals surface area contributed by atoms with Crippen LogP contribution >= 0.6 is 0 Å². The van der Waals surface area contributed by atoms with Gasteiger partial charge in [0.15, 0.2) is 0 Å². The average molecular weight is 498 g/mol. The molecule has 1 aliphatic rings. The van der Waals surface area contributed by atoms with E-state index in [0.717, 1.165) is 41.5 Å². The van der Waals surface area contributed by atoms with E-state index in [1.54, 1.807) is 31.2 Å². The number of benzene rings is 2. The molecule has 1 N–H and O–H groups in total. The molecule has 3 aromatic rings. The van der Waals surface area contributed by atoms with Crippen LogP contribution in [-0.4, -0.2) is 26.0 Å². The molecule has 1 aliphatic carbocycles. The highest BCUT2D eigenvalue weighted by Crippen LogP contribution is 2.39. The minimum atomic E-state index is -3.95. The second kappa shape index (κ2) is 9.77. The van der Waals surface area contributed by atoms with Crippen LogP contribution in [0.3, 0.4) is 0 Å². The number of furan rings is 1. The maximum absolute atomic E-state index is 13.7. The topological polar surface area (TPSA) is 97.0 Å². The molecule has 0 bridgehead atoms. The molecule has 8 heteroatoms. The first kappa shape index (κ1) is 24.9. The summed E-state index contributed by atoms with van der Waals surface area (Å²) < 4.78 is 40.5. The third kappa shape index (κ3) is 5.22. The van der Waals surface area contributed by atoms with Crippen LogP contribution in [0.5, 0.6) is 5.75 Å². The Labute approximate surface area is 206 Å². The monoisotopic (exact) mass is 497 g/mol. The van der Waals surface area contributed by atoms with Crippen molar-refractivity contribution in [1.29, 1.82) is 0 Å². The van der Waals surface area contributed by atoms with Gasteiger partial charge in [0.05, 0.1) is 11.3 Å². The number of carboxylic acid groups (broad SMARTS) is 1. The summed E-state index contributed by atoms with van der Waals surface area (Å²) in [4.78, 5) is 11.3. The van der Waals surface area contributed by atoms with E-state index in [1.165, 1.54) is 10.4 Å². The predicted molar refractivity (Wildman–Crippen MR) is 134 cm³/mol. The summed E-state index contributed by atoms with van der Waals surface area (Å²) in [5.41, 5.74) is 4.64. The lowest BCUT2D eigenvalue weighted by Crippen LogP contribution is -2.34. The number of carboxylic acids is 1. The molecule has 0 unspecified atom stereocenters. The number of fused-ring (bicyclic) bond motifs is 1. The molecule has 0 fully saturated rings. The van der Waals surface area contributed by atoms with Crippen LogP contribution < -0.4 is 9.04 Å². The van der Waals surface area contributed by atoms with Gasteiger partial charge in [-0.05, 0) is 97.7 Å². The first-order chi connectivity index (χ1) is 16.6. The molecule has 0 amide bonds. The van der Waals surface area contributed by atoms with Crippen molar-refractivity contribution in [1.82, 2.24) is 0 Å². The van der Waals surface area contributed by atoms with E-state index in [2.05, 4.69) is 0 Å². The van der Waals surface area contributed by atoms with Crippen molar-refractivity contribution in [3.05, 3.63) is 76.0 Å². The maximum atomic E-state index is 13.7. The first-order valence-electron chi connectivity index (χ1n) is 11.8. The van der Waals surface area contributed by atoms with E-state index in [1.807, 2.05) is 32.9 Å². The average Bonchev–Trinajstić information content (AvgIpc) is 3.44. The largest absolute Gasteiger partial charge is 0.487 e. The van der Waals surface area contributed by atoms with E-state index < -0.39 is 16.0 Å². The Bertz CT molecular complexity index is 1360. The van der Waals surface area contributed by atoms with Gasteiger partial charge in [0.2, 0.25) is 5.09 Å². The van der Waals surface area contributed by atoms with Crippen molar-refractivity contribution >= 4 is 21.7 Å². The fourth-order valence-corrected chi connectivity index (χ4v) is 5.95. The number of hydrogen-bond acceptors (Lipinski definition) is 5. The molecule has 4 rings (SSSR count). The van der Waals surface area contributed by atoms with Gasteiger partial charge in [-0.25, -0.2) is 4.79 Å². The first-order valence-corrected chi connectivity index (χ1v) is 13.2. The van der Waals surface area contributed by atoms with Crippen LogP contribution in [0.1, 0.15) is 58.6 Å². The van der Waals surface area contributed by atoms with Gasteiger partial charge in [-0.15, -0.1) is 0 Å². The fraction of sp³-hybridized carbons (Fsp3) is 0.370. The number of aromatic carboxylic acids is 1. The van der Waals surface area contributed by atoms with Crippen molar-refractivity contribution < 1.29 is 27.5 Å². The minimum Gasteiger partial charge on any atom is -0.487 e. The van der Waals surface area contributed by atoms with Crippen molar-refractivity contribution in [2.45, 2.75) is 58.7 Å². The van der Waals surface area contributed by atoms with Gasteiger partial charge >= 0.3 is 5.97 Å². The fourth-order valence-electron chi connectivity index (χ4n) is 4.36. The van der Waals surface area contributed by atoms with Crippen molar-refractivity contribution in [3.63, 3.8) is 0 Å². The van der Waals surface area contributed by atoms with Gasteiger partial charge in [0.25, 0.3) is 10.0 Å². The second-order valence-corrected chi connectivity index (χ2v) is 11.3. The summed E-state index contributed by atoms with van der Waals surface area (Å²) in [5.74, 6) is 0.0931. The van der Waals surface area contributed by atoms with Gasteiger partial charge in [-0.1, -0.05) is 19.9 Å². The minimum absolute atomic E-state index is 0.0627. The number of sulfonamides is 1. The second-order valence-electron chi connectivity index (χ2n) is 9.47.